The SMILES string of the molecule is Cc1ccccc1N(c1ccc2c(c1)C(C)(C)c1cc(-c3ccc4c(c3)oc3ccccc34)ccc1-2)c1ccc2c(c1)C(C)(C)c1cc3c(cc1-2)C(C)(C)c1ccc2oc4ccccc4c2c1-3. The third-order valence-corrected chi connectivity index (χ3v) is 16.2. The molecule has 0 aliphatic heterocycles. The zero-order valence-electron chi connectivity index (χ0n) is 38.9. The van der Waals surface area contributed by atoms with Gasteiger partial charge in [0, 0.05) is 54.9 Å². The van der Waals surface area contributed by atoms with Crippen LogP contribution in [0.25, 0.3) is 88.4 Å². The second-order valence-electron chi connectivity index (χ2n) is 20.9. The van der Waals surface area contributed by atoms with Gasteiger partial charge in [0.15, 0.2) is 0 Å². The fourth-order valence-electron chi connectivity index (χ4n) is 12.6. The summed E-state index contributed by atoms with van der Waals surface area (Å²) in [5, 5.41) is 4.72. The van der Waals surface area contributed by atoms with Crippen LogP contribution in [0.5, 0.6) is 0 Å². The van der Waals surface area contributed by atoms with Gasteiger partial charge in [-0.2, -0.15) is 0 Å². The predicted octanol–water partition coefficient (Wildman–Crippen LogP) is 17.8. The molecule has 0 saturated heterocycles. The smallest absolute Gasteiger partial charge is 0.136 e. The number of para-hydroxylation sites is 3. The Morgan fingerprint density at radius 3 is 1.60 bits per heavy atom. The van der Waals surface area contributed by atoms with E-state index in [2.05, 4.69) is 211 Å². The summed E-state index contributed by atoms with van der Waals surface area (Å²) in [6.45, 7) is 16.6. The van der Waals surface area contributed by atoms with Gasteiger partial charge in [-0.1, -0.05) is 133 Å². The molecule has 67 heavy (non-hydrogen) atoms. The van der Waals surface area contributed by atoms with Crippen molar-refractivity contribution in [3.63, 3.8) is 0 Å². The Morgan fingerprint density at radius 2 is 0.866 bits per heavy atom. The number of furan rings is 2. The van der Waals surface area contributed by atoms with Gasteiger partial charge in [-0.05, 0) is 169 Å². The Labute approximate surface area is 390 Å². The number of fused-ring (bicyclic) bond motifs is 16. The number of aryl methyl sites for hydroxylation is 1. The van der Waals surface area contributed by atoms with Gasteiger partial charge in [0.1, 0.15) is 22.3 Å². The number of benzene rings is 9. The average molecular weight is 864 g/mol. The van der Waals surface area contributed by atoms with Crippen LogP contribution >= 0.6 is 0 Å². The zero-order valence-corrected chi connectivity index (χ0v) is 38.9. The highest BCUT2D eigenvalue weighted by molar-refractivity contribution is 6.15. The van der Waals surface area contributed by atoms with Crippen molar-refractivity contribution in [1.29, 1.82) is 0 Å². The molecule has 0 atom stereocenters. The number of hydrogen-bond acceptors (Lipinski definition) is 3. The van der Waals surface area contributed by atoms with E-state index in [0.717, 1.165) is 50.0 Å². The lowest BCUT2D eigenvalue weighted by atomic mass is 9.79. The largest absolute Gasteiger partial charge is 0.456 e. The van der Waals surface area contributed by atoms with Crippen molar-refractivity contribution in [2.75, 3.05) is 4.90 Å². The van der Waals surface area contributed by atoms with Crippen LogP contribution in [0.2, 0.25) is 0 Å². The molecule has 3 aliphatic carbocycles. The Hall–Kier alpha value is -7.62. The summed E-state index contributed by atoms with van der Waals surface area (Å²) in [6.07, 6.45) is 0. The van der Waals surface area contributed by atoms with E-state index in [-0.39, 0.29) is 16.2 Å². The van der Waals surface area contributed by atoms with Crippen LogP contribution in [0.1, 0.15) is 80.5 Å². The molecule has 3 aliphatic rings. The van der Waals surface area contributed by atoms with E-state index < -0.39 is 0 Å². The molecule has 0 saturated carbocycles. The highest BCUT2D eigenvalue weighted by atomic mass is 16.3. The van der Waals surface area contributed by atoms with Crippen molar-refractivity contribution in [2.45, 2.75) is 64.7 Å². The quantitative estimate of drug-likeness (QED) is 0.177. The molecule has 0 fully saturated rings. The first kappa shape index (κ1) is 38.6. The Kier molecular flexibility index (Phi) is 7.52. The van der Waals surface area contributed by atoms with Crippen molar-refractivity contribution < 1.29 is 8.83 Å². The molecule has 0 radical (unpaired) electrons. The first-order chi connectivity index (χ1) is 32.4. The van der Waals surface area contributed by atoms with E-state index in [1.54, 1.807) is 0 Å². The fraction of sp³-hybridized carbons (Fsp3) is 0.156. The molecule has 0 N–H and O–H groups in total. The van der Waals surface area contributed by atoms with Crippen molar-refractivity contribution in [3.8, 4) is 44.5 Å². The molecule has 11 aromatic rings. The van der Waals surface area contributed by atoms with Gasteiger partial charge in [-0.25, -0.2) is 0 Å². The maximum atomic E-state index is 6.45. The van der Waals surface area contributed by atoms with Crippen LogP contribution in [0.4, 0.5) is 17.1 Å². The summed E-state index contributed by atoms with van der Waals surface area (Å²) < 4.78 is 12.8. The van der Waals surface area contributed by atoms with Gasteiger partial charge < -0.3 is 13.7 Å². The van der Waals surface area contributed by atoms with Crippen molar-refractivity contribution in [2.24, 2.45) is 0 Å². The maximum Gasteiger partial charge on any atom is 0.136 e. The summed E-state index contributed by atoms with van der Waals surface area (Å²) in [4.78, 5) is 2.49. The van der Waals surface area contributed by atoms with Gasteiger partial charge in [0.05, 0.1) is 0 Å². The normalized spacial score (nSPS) is 15.4. The standard InChI is InChI=1S/C64H49NO2/c1-36-14-8-11-17-55(36)65(39-22-26-42-41-24-20-37(30-50(41)63(4,5)51(42)32-39)38-21-25-45-44-15-9-12-18-56(44)67-59(45)31-38)40-23-27-43-47-34-54-48(35-53(47)64(6,7)52(43)33-40)60-49(62(54,2)3)28-29-58-61(60)46-16-10-13-19-57(46)66-58/h8-35H,1-7H3. The number of anilines is 3. The third-order valence-electron chi connectivity index (χ3n) is 16.2. The molecule has 3 nitrogen and oxygen atoms in total. The number of nitrogens with zero attached hydrogens (tertiary/aromatic N) is 1. The lowest BCUT2D eigenvalue weighted by molar-refractivity contribution is 0.651. The molecule has 0 unspecified atom stereocenters. The van der Waals surface area contributed by atoms with E-state index in [1.165, 1.54) is 94.3 Å². The second kappa shape index (κ2) is 13.0. The predicted molar refractivity (Wildman–Crippen MR) is 279 cm³/mol. The second-order valence-corrected chi connectivity index (χ2v) is 20.9. The molecule has 0 bridgehead atoms. The van der Waals surface area contributed by atoms with Gasteiger partial charge in [0.2, 0.25) is 0 Å². The van der Waals surface area contributed by atoms with Crippen molar-refractivity contribution in [1.82, 2.24) is 0 Å². The van der Waals surface area contributed by atoms with Crippen molar-refractivity contribution >= 4 is 60.9 Å². The van der Waals surface area contributed by atoms with Crippen LogP contribution in [0, 0.1) is 6.92 Å². The summed E-state index contributed by atoms with van der Waals surface area (Å²) in [5.74, 6) is 0. The molecule has 0 spiro atoms. The molecule has 322 valence electrons. The molecule has 2 aromatic heterocycles. The van der Waals surface area contributed by atoms with Crippen LogP contribution in [0.3, 0.4) is 0 Å². The average Bonchev–Trinajstić information content (AvgIpc) is 4.08. The maximum absolute atomic E-state index is 6.45. The van der Waals surface area contributed by atoms with E-state index in [1.807, 2.05) is 12.1 Å². The van der Waals surface area contributed by atoms with Gasteiger partial charge >= 0.3 is 0 Å². The third kappa shape index (κ3) is 5.12. The van der Waals surface area contributed by atoms with Crippen LogP contribution < -0.4 is 4.90 Å². The topological polar surface area (TPSA) is 29.5 Å². The Balaban J connectivity index is 0.872. The van der Waals surface area contributed by atoms with E-state index in [4.69, 9.17) is 8.83 Å². The van der Waals surface area contributed by atoms with Gasteiger partial charge in [-0.15, -0.1) is 0 Å². The molecule has 14 rings (SSSR count). The van der Waals surface area contributed by atoms with E-state index in [0.29, 0.717) is 0 Å². The lowest BCUT2D eigenvalue weighted by Gasteiger charge is -2.30. The summed E-state index contributed by atoms with van der Waals surface area (Å²) in [5.41, 5.74) is 26.3. The Bertz CT molecular complexity index is 3980. The summed E-state index contributed by atoms with van der Waals surface area (Å²) in [7, 11) is 0. The zero-order chi connectivity index (χ0) is 45.3. The lowest BCUT2D eigenvalue weighted by Crippen LogP contribution is -2.18. The molecule has 2 heterocycles. The van der Waals surface area contributed by atoms with Crippen LogP contribution in [0.15, 0.2) is 179 Å². The first-order valence-electron chi connectivity index (χ1n) is 23.7. The van der Waals surface area contributed by atoms with Crippen molar-refractivity contribution in [3.05, 3.63) is 209 Å². The molecular formula is C64H49NO2. The van der Waals surface area contributed by atoms with Crippen LogP contribution in [-0.4, -0.2) is 0 Å². The first-order valence-corrected chi connectivity index (χ1v) is 23.7. The van der Waals surface area contributed by atoms with Crippen LogP contribution in [-0.2, 0) is 16.2 Å². The molecular weight excluding hydrogens is 815 g/mol. The summed E-state index contributed by atoms with van der Waals surface area (Å²) in [6, 6.07) is 63.2. The molecule has 0 amide bonds. The number of rotatable bonds is 4. The minimum atomic E-state index is -0.236. The van der Waals surface area contributed by atoms with E-state index in [9.17, 15) is 0 Å². The van der Waals surface area contributed by atoms with E-state index >= 15 is 0 Å². The number of hydrogen-bond donors (Lipinski definition) is 0. The monoisotopic (exact) mass is 863 g/mol. The molecule has 9 aromatic carbocycles. The minimum Gasteiger partial charge on any atom is -0.456 e. The fourth-order valence-corrected chi connectivity index (χ4v) is 12.6. The molecule has 3 heteroatoms. The minimum absolute atomic E-state index is 0.160. The van der Waals surface area contributed by atoms with Gasteiger partial charge in [-0.3, -0.25) is 0 Å². The highest BCUT2D eigenvalue weighted by Crippen LogP contribution is 2.59. The summed E-state index contributed by atoms with van der Waals surface area (Å²) >= 11 is 0. The Morgan fingerprint density at radius 1 is 0.358 bits per heavy atom. The van der Waals surface area contributed by atoms with Gasteiger partial charge in [0.25, 0.3) is 0 Å². The highest BCUT2D eigenvalue weighted by Gasteiger charge is 2.43.